The number of hydrogen-bond acceptors (Lipinski definition) is 2. The number of ether oxygens (including phenoxy) is 1. The highest BCUT2D eigenvalue weighted by atomic mass is 19.4. The lowest BCUT2D eigenvalue weighted by molar-refractivity contribution is -0.147. The second-order valence-corrected chi connectivity index (χ2v) is 5.71. The molecule has 0 amide bonds. The van der Waals surface area contributed by atoms with Crippen LogP contribution in [0.5, 0.6) is 0 Å². The fraction of sp³-hybridized carbons (Fsp3) is 0.824. The van der Waals surface area contributed by atoms with Crippen molar-refractivity contribution in [3.8, 4) is 0 Å². The molecule has 0 bridgehead atoms. The van der Waals surface area contributed by atoms with E-state index >= 15 is 0 Å². The van der Waals surface area contributed by atoms with Gasteiger partial charge in [-0.3, -0.25) is 0 Å². The summed E-state index contributed by atoms with van der Waals surface area (Å²) >= 11 is 0. The highest BCUT2D eigenvalue weighted by Gasteiger charge is 2.30. The van der Waals surface area contributed by atoms with E-state index in [1.807, 2.05) is 0 Å². The third-order valence-electron chi connectivity index (χ3n) is 3.43. The fourth-order valence-electron chi connectivity index (χ4n) is 2.17. The number of carbonyl (C=O) groups excluding carboxylic acids is 1. The van der Waals surface area contributed by atoms with E-state index in [1.165, 1.54) is 44.9 Å². The summed E-state index contributed by atoms with van der Waals surface area (Å²) in [6, 6.07) is 0. The van der Waals surface area contributed by atoms with Crippen LogP contribution in [0.3, 0.4) is 0 Å². The Balaban J connectivity index is 3.39. The van der Waals surface area contributed by atoms with Crippen LogP contribution in [0.15, 0.2) is 12.2 Å². The molecule has 0 aliphatic heterocycles. The average molecular weight is 322 g/mol. The second kappa shape index (κ2) is 12.5. The standard InChI is InChI=1S/C17H29F3O2/c1-3-4-5-6-7-8-9-10-11-12-13-22-16(21)15(2)14-17(18,19)20/h2-14H2,1H3. The number of carbonyl (C=O) groups is 1. The summed E-state index contributed by atoms with van der Waals surface area (Å²) < 4.78 is 41.0. The molecule has 130 valence electrons. The Bertz CT molecular complexity index is 312. The molecule has 0 atom stereocenters. The zero-order chi connectivity index (χ0) is 16.8. The van der Waals surface area contributed by atoms with E-state index in [2.05, 4.69) is 13.5 Å². The van der Waals surface area contributed by atoms with Gasteiger partial charge < -0.3 is 4.74 Å². The first-order valence-corrected chi connectivity index (χ1v) is 8.28. The smallest absolute Gasteiger partial charge is 0.393 e. The van der Waals surface area contributed by atoms with Gasteiger partial charge in [-0.1, -0.05) is 71.3 Å². The number of esters is 1. The first-order valence-electron chi connectivity index (χ1n) is 8.28. The van der Waals surface area contributed by atoms with Crippen LogP contribution in [0, 0.1) is 0 Å². The van der Waals surface area contributed by atoms with Gasteiger partial charge in [0.15, 0.2) is 0 Å². The Kier molecular flexibility index (Phi) is 12.0. The SMILES string of the molecule is C=C(CC(F)(F)F)C(=O)OCCCCCCCCCCCC. The van der Waals surface area contributed by atoms with Crippen molar-refractivity contribution in [2.24, 2.45) is 0 Å². The summed E-state index contributed by atoms with van der Waals surface area (Å²) in [6.45, 7) is 5.49. The Morgan fingerprint density at radius 1 is 0.909 bits per heavy atom. The molecule has 0 aromatic rings. The molecule has 0 radical (unpaired) electrons. The Morgan fingerprint density at radius 3 is 1.82 bits per heavy atom. The Hall–Kier alpha value is -1.00. The maximum atomic E-state index is 12.1. The van der Waals surface area contributed by atoms with Crippen molar-refractivity contribution in [1.82, 2.24) is 0 Å². The van der Waals surface area contributed by atoms with E-state index in [0.717, 1.165) is 12.8 Å². The second-order valence-electron chi connectivity index (χ2n) is 5.71. The molecule has 0 unspecified atom stereocenters. The molecule has 0 fully saturated rings. The predicted molar refractivity (Wildman–Crippen MR) is 82.6 cm³/mol. The molecular weight excluding hydrogens is 293 g/mol. The minimum absolute atomic E-state index is 0.173. The lowest BCUT2D eigenvalue weighted by Gasteiger charge is -2.09. The number of hydrogen-bond donors (Lipinski definition) is 0. The summed E-state index contributed by atoms with van der Waals surface area (Å²) in [6.07, 6.45) is 5.85. The van der Waals surface area contributed by atoms with Gasteiger partial charge in [0.1, 0.15) is 0 Å². The van der Waals surface area contributed by atoms with Gasteiger partial charge in [-0.15, -0.1) is 0 Å². The van der Waals surface area contributed by atoms with Gasteiger partial charge in [0.2, 0.25) is 0 Å². The van der Waals surface area contributed by atoms with Gasteiger partial charge in [0, 0.05) is 5.57 Å². The highest BCUT2D eigenvalue weighted by Crippen LogP contribution is 2.24. The van der Waals surface area contributed by atoms with Crippen molar-refractivity contribution in [3.05, 3.63) is 12.2 Å². The lowest BCUT2D eigenvalue weighted by atomic mass is 10.1. The molecule has 0 aromatic carbocycles. The number of unbranched alkanes of at least 4 members (excludes halogenated alkanes) is 9. The minimum atomic E-state index is -4.41. The molecule has 0 aromatic heterocycles. The van der Waals surface area contributed by atoms with Crippen LogP contribution in [-0.2, 0) is 9.53 Å². The lowest BCUT2D eigenvalue weighted by Crippen LogP contribution is -2.15. The van der Waals surface area contributed by atoms with E-state index in [9.17, 15) is 18.0 Å². The van der Waals surface area contributed by atoms with Gasteiger partial charge in [-0.05, 0) is 6.42 Å². The first kappa shape index (κ1) is 21.0. The monoisotopic (exact) mass is 322 g/mol. The number of alkyl halides is 3. The molecule has 0 N–H and O–H groups in total. The molecule has 22 heavy (non-hydrogen) atoms. The molecule has 2 nitrogen and oxygen atoms in total. The number of rotatable bonds is 13. The molecule has 5 heteroatoms. The van der Waals surface area contributed by atoms with Crippen molar-refractivity contribution < 1.29 is 22.7 Å². The summed E-state index contributed by atoms with van der Waals surface area (Å²) in [5.74, 6) is -0.937. The van der Waals surface area contributed by atoms with Crippen molar-refractivity contribution >= 4 is 5.97 Å². The van der Waals surface area contributed by atoms with Gasteiger partial charge in [-0.2, -0.15) is 13.2 Å². The highest BCUT2D eigenvalue weighted by molar-refractivity contribution is 5.87. The largest absolute Gasteiger partial charge is 0.462 e. The third kappa shape index (κ3) is 14.0. The van der Waals surface area contributed by atoms with Gasteiger partial charge in [0.05, 0.1) is 13.0 Å². The Labute approximate surface area is 132 Å². The molecular formula is C17H29F3O2. The summed E-state index contributed by atoms with van der Waals surface area (Å²) in [7, 11) is 0. The van der Waals surface area contributed by atoms with E-state index in [0.29, 0.717) is 6.42 Å². The normalized spacial score (nSPS) is 11.5. The zero-order valence-corrected chi connectivity index (χ0v) is 13.6. The molecule has 0 saturated carbocycles. The van der Waals surface area contributed by atoms with Gasteiger partial charge in [-0.25, -0.2) is 4.79 Å². The third-order valence-corrected chi connectivity index (χ3v) is 3.43. The summed E-state index contributed by atoms with van der Waals surface area (Å²) in [4.78, 5) is 11.3. The van der Waals surface area contributed by atoms with Crippen LogP contribution in [0.4, 0.5) is 13.2 Å². The summed E-state index contributed by atoms with van der Waals surface area (Å²) in [5.41, 5.74) is -0.528. The molecule has 0 rings (SSSR count). The topological polar surface area (TPSA) is 26.3 Å². The minimum Gasteiger partial charge on any atom is -0.462 e. The molecule has 0 spiro atoms. The van der Waals surface area contributed by atoms with Crippen molar-refractivity contribution in [2.75, 3.05) is 6.61 Å². The Morgan fingerprint density at radius 2 is 1.36 bits per heavy atom. The van der Waals surface area contributed by atoms with Gasteiger partial charge >= 0.3 is 12.1 Å². The van der Waals surface area contributed by atoms with Crippen LogP contribution in [0.1, 0.15) is 77.6 Å². The molecule has 0 aliphatic rings. The zero-order valence-electron chi connectivity index (χ0n) is 13.6. The van der Waals surface area contributed by atoms with Crippen molar-refractivity contribution in [2.45, 2.75) is 83.7 Å². The molecule has 0 heterocycles. The van der Waals surface area contributed by atoms with E-state index in [1.54, 1.807) is 0 Å². The molecule has 0 saturated heterocycles. The van der Waals surface area contributed by atoms with Crippen LogP contribution in [-0.4, -0.2) is 18.8 Å². The van der Waals surface area contributed by atoms with Crippen molar-refractivity contribution in [3.63, 3.8) is 0 Å². The van der Waals surface area contributed by atoms with E-state index in [4.69, 9.17) is 4.74 Å². The van der Waals surface area contributed by atoms with Crippen LogP contribution in [0.25, 0.3) is 0 Å². The summed E-state index contributed by atoms with van der Waals surface area (Å²) in [5, 5.41) is 0. The van der Waals surface area contributed by atoms with Crippen molar-refractivity contribution in [1.29, 1.82) is 0 Å². The fourth-order valence-corrected chi connectivity index (χ4v) is 2.17. The maximum absolute atomic E-state index is 12.1. The maximum Gasteiger partial charge on any atom is 0.393 e. The van der Waals surface area contributed by atoms with Crippen LogP contribution >= 0.6 is 0 Å². The quantitative estimate of drug-likeness (QED) is 0.237. The van der Waals surface area contributed by atoms with Gasteiger partial charge in [0.25, 0.3) is 0 Å². The van der Waals surface area contributed by atoms with E-state index < -0.39 is 24.1 Å². The molecule has 0 aliphatic carbocycles. The van der Waals surface area contributed by atoms with Crippen LogP contribution in [0.2, 0.25) is 0 Å². The number of halogens is 3. The van der Waals surface area contributed by atoms with E-state index in [-0.39, 0.29) is 6.61 Å². The van der Waals surface area contributed by atoms with Crippen LogP contribution < -0.4 is 0 Å². The average Bonchev–Trinajstić information content (AvgIpc) is 2.42. The first-order chi connectivity index (χ1) is 10.4. The predicted octanol–water partition coefficient (Wildman–Crippen LogP) is 5.96.